The van der Waals surface area contributed by atoms with Gasteiger partial charge in [0.05, 0.1) is 6.04 Å². The molecular weight excluding hydrogens is 374 g/mol. The molecule has 0 unspecified atom stereocenters. The van der Waals surface area contributed by atoms with Gasteiger partial charge in [-0.05, 0) is 58.2 Å². The highest BCUT2D eigenvalue weighted by molar-refractivity contribution is 7.98. The van der Waals surface area contributed by atoms with E-state index < -0.39 is 0 Å². The molecule has 5 rings (SSSR count). The Bertz CT molecular complexity index is 1160. The van der Waals surface area contributed by atoms with E-state index in [0.717, 1.165) is 23.2 Å². The van der Waals surface area contributed by atoms with E-state index in [9.17, 15) is 4.79 Å². The van der Waals surface area contributed by atoms with Crippen LogP contribution in [0.4, 0.5) is 5.69 Å². The molecule has 1 aliphatic carbocycles. The number of carbonyl (C=O) groups excluding carboxylic acids is 1. The summed E-state index contributed by atoms with van der Waals surface area (Å²) in [5.41, 5.74) is 5.68. The molecule has 1 N–H and O–H groups in total. The van der Waals surface area contributed by atoms with Gasteiger partial charge >= 0.3 is 0 Å². The monoisotopic (exact) mass is 399 g/mol. The maximum Gasteiger partial charge on any atom is 0.162 e. The highest BCUT2D eigenvalue weighted by atomic mass is 32.2. The highest BCUT2D eigenvalue weighted by Crippen LogP contribution is 2.52. The van der Waals surface area contributed by atoms with Crippen LogP contribution >= 0.6 is 11.8 Å². The number of rotatable bonds is 2. The van der Waals surface area contributed by atoms with Crippen molar-refractivity contribution in [1.29, 1.82) is 0 Å². The second-order valence-corrected chi connectivity index (χ2v) is 9.77. The van der Waals surface area contributed by atoms with Gasteiger partial charge in [-0.25, -0.2) is 0 Å². The molecule has 1 heterocycles. The van der Waals surface area contributed by atoms with Crippen LogP contribution in [0.1, 0.15) is 43.9 Å². The molecule has 29 heavy (non-hydrogen) atoms. The molecule has 146 valence electrons. The average molecular weight is 400 g/mol. The van der Waals surface area contributed by atoms with Crippen molar-refractivity contribution in [3.8, 4) is 0 Å². The van der Waals surface area contributed by atoms with Crippen LogP contribution in [0.25, 0.3) is 16.3 Å². The Labute approximate surface area is 176 Å². The number of hydrogen-bond acceptors (Lipinski definition) is 3. The third-order valence-electron chi connectivity index (χ3n) is 6.19. The highest BCUT2D eigenvalue weighted by Gasteiger charge is 2.40. The average Bonchev–Trinajstić information content (AvgIpc) is 2.72. The van der Waals surface area contributed by atoms with E-state index in [1.807, 2.05) is 0 Å². The molecule has 2 aliphatic rings. The minimum atomic E-state index is -0.0850. The van der Waals surface area contributed by atoms with Crippen LogP contribution in [0.15, 0.2) is 71.1 Å². The number of benzene rings is 3. The number of nitrogens with one attached hydrogen (secondary N) is 1. The van der Waals surface area contributed by atoms with E-state index in [0.29, 0.717) is 6.42 Å². The van der Waals surface area contributed by atoms with Crippen LogP contribution < -0.4 is 5.32 Å². The predicted octanol–water partition coefficient (Wildman–Crippen LogP) is 6.87. The van der Waals surface area contributed by atoms with Crippen molar-refractivity contribution in [2.24, 2.45) is 5.41 Å². The molecule has 0 saturated heterocycles. The Morgan fingerprint density at radius 3 is 2.48 bits per heavy atom. The zero-order valence-electron chi connectivity index (χ0n) is 17.1. The van der Waals surface area contributed by atoms with Crippen LogP contribution in [0.5, 0.6) is 0 Å². The summed E-state index contributed by atoms with van der Waals surface area (Å²) in [6.45, 7) is 4.42. The quantitative estimate of drug-likeness (QED) is 0.477. The van der Waals surface area contributed by atoms with E-state index in [2.05, 4.69) is 86.1 Å². The first kappa shape index (κ1) is 18.5. The van der Waals surface area contributed by atoms with Crippen molar-refractivity contribution < 1.29 is 4.79 Å². The number of fused-ring (bicyclic) bond motifs is 4. The molecule has 3 aromatic carbocycles. The van der Waals surface area contributed by atoms with Gasteiger partial charge in [-0.2, -0.15) is 0 Å². The van der Waals surface area contributed by atoms with Gasteiger partial charge in [-0.1, -0.05) is 56.3 Å². The summed E-state index contributed by atoms with van der Waals surface area (Å²) in [5, 5.41) is 6.16. The fourth-order valence-electron chi connectivity index (χ4n) is 4.88. The lowest BCUT2D eigenvalue weighted by Gasteiger charge is -2.40. The molecule has 1 atom stereocenters. The summed E-state index contributed by atoms with van der Waals surface area (Å²) in [4.78, 5) is 14.6. The molecule has 0 radical (unpaired) electrons. The number of anilines is 1. The Morgan fingerprint density at radius 2 is 1.72 bits per heavy atom. The minimum absolute atomic E-state index is 0.0191. The van der Waals surface area contributed by atoms with Gasteiger partial charge in [0.15, 0.2) is 5.78 Å². The summed E-state index contributed by atoms with van der Waals surface area (Å²) >= 11 is 1.74. The van der Waals surface area contributed by atoms with E-state index in [1.54, 1.807) is 11.8 Å². The minimum Gasteiger partial charge on any atom is -0.373 e. The van der Waals surface area contributed by atoms with Crippen molar-refractivity contribution in [2.45, 2.75) is 37.6 Å². The molecular formula is C26H25NOS. The summed E-state index contributed by atoms with van der Waals surface area (Å²) < 4.78 is 0. The van der Waals surface area contributed by atoms with Crippen molar-refractivity contribution in [1.82, 2.24) is 0 Å². The zero-order chi connectivity index (χ0) is 20.2. The number of allylic oxidation sites excluding steroid dienone is 1. The van der Waals surface area contributed by atoms with Gasteiger partial charge in [-0.15, -0.1) is 11.8 Å². The number of hydrogen-bond donors (Lipinski definition) is 1. The van der Waals surface area contributed by atoms with Crippen LogP contribution in [0.3, 0.4) is 0 Å². The standard InChI is InChI=1S/C26H25NOS/c1-26(2)14-20-23-19-7-5-4-6-16(19)10-13-21(23)27-25(24(20)22(28)15-26)17-8-11-18(29-3)12-9-17/h4-13,25,27H,14-15H2,1-3H3/t25-/m1/s1. The number of ketones is 1. The van der Waals surface area contributed by atoms with E-state index in [-0.39, 0.29) is 17.2 Å². The SMILES string of the molecule is CSc1ccc([C@H]2Nc3ccc4ccccc4c3C3=C2C(=O)CC(C)(C)C3)cc1. The van der Waals surface area contributed by atoms with Crippen molar-refractivity contribution in [2.75, 3.05) is 11.6 Å². The van der Waals surface area contributed by atoms with E-state index in [1.165, 1.54) is 26.8 Å². The molecule has 0 saturated carbocycles. The van der Waals surface area contributed by atoms with Crippen molar-refractivity contribution >= 4 is 39.6 Å². The Hall–Kier alpha value is -2.52. The van der Waals surface area contributed by atoms with E-state index >= 15 is 0 Å². The second-order valence-electron chi connectivity index (χ2n) is 8.89. The van der Waals surface area contributed by atoms with Crippen molar-refractivity contribution in [3.63, 3.8) is 0 Å². The Kier molecular flexibility index (Phi) is 4.32. The molecule has 0 bridgehead atoms. The second kappa shape index (κ2) is 6.77. The van der Waals surface area contributed by atoms with Crippen LogP contribution in [0, 0.1) is 5.41 Å². The first-order valence-electron chi connectivity index (χ1n) is 10.2. The number of carbonyl (C=O) groups is 1. The van der Waals surface area contributed by atoms with Crippen LogP contribution in [-0.2, 0) is 4.79 Å². The largest absolute Gasteiger partial charge is 0.373 e. The first-order valence-corrected chi connectivity index (χ1v) is 11.4. The first-order chi connectivity index (χ1) is 14.0. The third-order valence-corrected chi connectivity index (χ3v) is 6.93. The summed E-state index contributed by atoms with van der Waals surface area (Å²) in [6, 6.07) is 21.4. The summed E-state index contributed by atoms with van der Waals surface area (Å²) in [5.74, 6) is 0.279. The summed E-state index contributed by atoms with van der Waals surface area (Å²) in [6.07, 6.45) is 3.62. The number of Topliss-reactive ketones (excluding diaryl/α,β-unsaturated/α-hetero) is 1. The van der Waals surface area contributed by atoms with Gasteiger partial charge in [0.25, 0.3) is 0 Å². The lowest BCUT2D eigenvalue weighted by molar-refractivity contribution is -0.118. The number of thioether (sulfide) groups is 1. The van der Waals surface area contributed by atoms with Gasteiger partial charge in [-0.3, -0.25) is 4.79 Å². The molecule has 1 aliphatic heterocycles. The van der Waals surface area contributed by atoms with Gasteiger partial charge < -0.3 is 5.32 Å². The Morgan fingerprint density at radius 1 is 0.966 bits per heavy atom. The van der Waals surface area contributed by atoms with E-state index in [4.69, 9.17) is 0 Å². The smallest absolute Gasteiger partial charge is 0.162 e. The Balaban J connectivity index is 1.76. The third kappa shape index (κ3) is 3.08. The fourth-order valence-corrected chi connectivity index (χ4v) is 5.29. The maximum atomic E-state index is 13.4. The van der Waals surface area contributed by atoms with Gasteiger partial charge in [0.2, 0.25) is 0 Å². The zero-order valence-corrected chi connectivity index (χ0v) is 17.9. The predicted molar refractivity (Wildman–Crippen MR) is 123 cm³/mol. The molecule has 3 heteroatoms. The fraction of sp³-hybridized carbons (Fsp3) is 0.269. The molecule has 0 amide bonds. The van der Waals surface area contributed by atoms with Gasteiger partial charge in [0.1, 0.15) is 0 Å². The molecule has 0 spiro atoms. The molecule has 2 nitrogen and oxygen atoms in total. The molecule has 3 aromatic rings. The van der Waals surface area contributed by atoms with Crippen LogP contribution in [0.2, 0.25) is 0 Å². The normalized spacial score (nSPS) is 20.2. The maximum absolute atomic E-state index is 13.4. The lowest BCUT2D eigenvalue weighted by Crippen LogP contribution is -2.33. The van der Waals surface area contributed by atoms with Gasteiger partial charge in [0, 0.05) is 28.1 Å². The van der Waals surface area contributed by atoms with Crippen LogP contribution in [-0.4, -0.2) is 12.0 Å². The molecule has 0 aromatic heterocycles. The molecule has 0 fully saturated rings. The summed E-state index contributed by atoms with van der Waals surface area (Å²) in [7, 11) is 0. The lowest BCUT2D eigenvalue weighted by atomic mass is 9.68. The topological polar surface area (TPSA) is 29.1 Å². The van der Waals surface area contributed by atoms with Crippen molar-refractivity contribution in [3.05, 3.63) is 77.4 Å².